The zero-order chi connectivity index (χ0) is 17.5. The third-order valence-corrected chi connectivity index (χ3v) is 18.2. The van der Waals surface area contributed by atoms with Crippen molar-refractivity contribution >= 4 is 28.1 Å². The maximum Gasteiger partial charge on any atom is 0.129 e. The lowest BCUT2D eigenvalue weighted by molar-refractivity contribution is 0.330. The number of nitrogens with zero attached hydrogens (tertiary/aromatic N) is 1. The highest BCUT2D eigenvalue weighted by Gasteiger charge is 2.56. The first-order chi connectivity index (χ1) is 8.90. The van der Waals surface area contributed by atoms with Crippen molar-refractivity contribution in [2.75, 3.05) is 12.4 Å². The van der Waals surface area contributed by atoms with Crippen LogP contribution in [0.15, 0.2) is 0 Å². The highest BCUT2D eigenvalue weighted by Crippen LogP contribution is 2.54. The van der Waals surface area contributed by atoms with Crippen molar-refractivity contribution in [3.05, 3.63) is 0 Å². The Hall–Kier alpha value is 0.684. The van der Waals surface area contributed by atoms with E-state index in [0.29, 0.717) is 10.1 Å². The van der Waals surface area contributed by atoms with Gasteiger partial charge in [-0.3, -0.25) is 0 Å². The fraction of sp³-hybridized carbons (Fsp3) is 1.00. The summed E-state index contributed by atoms with van der Waals surface area (Å²) in [5.74, 6) is 0.729. The molecule has 4 heteroatoms. The van der Waals surface area contributed by atoms with E-state index in [1.807, 2.05) is 0 Å². The van der Waals surface area contributed by atoms with Crippen molar-refractivity contribution in [1.29, 1.82) is 0 Å². The summed E-state index contributed by atoms with van der Waals surface area (Å²) in [6, 6.07) is 0. The SMILES string of the molecule is CC(C)(CCl)CN([Si](C)(C)C)[Si](C)(C(C)(C)C)C(C)(C)C. The first-order valence-electron chi connectivity index (χ1n) is 8.24. The van der Waals surface area contributed by atoms with E-state index in [2.05, 4.69) is 85.8 Å². The second-order valence-electron chi connectivity index (χ2n) is 10.6. The minimum Gasteiger partial charge on any atom is -0.344 e. The fourth-order valence-electron chi connectivity index (χ4n) is 3.47. The van der Waals surface area contributed by atoms with Gasteiger partial charge >= 0.3 is 0 Å². The van der Waals surface area contributed by atoms with Crippen LogP contribution < -0.4 is 0 Å². The van der Waals surface area contributed by atoms with Crippen molar-refractivity contribution in [3.8, 4) is 0 Å². The highest BCUT2D eigenvalue weighted by atomic mass is 35.5. The molecule has 0 fully saturated rings. The molecule has 0 aromatic rings. The second-order valence-corrected chi connectivity index (χ2v) is 21.9. The van der Waals surface area contributed by atoms with Gasteiger partial charge in [0.2, 0.25) is 0 Å². The molecule has 0 rings (SSSR count). The minimum absolute atomic E-state index is 0.173. The molecule has 0 heterocycles. The summed E-state index contributed by atoms with van der Waals surface area (Å²) in [6.45, 7) is 30.6. The van der Waals surface area contributed by atoms with Gasteiger partial charge in [-0.15, -0.1) is 11.6 Å². The summed E-state index contributed by atoms with van der Waals surface area (Å²) in [6.07, 6.45) is 0. The summed E-state index contributed by atoms with van der Waals surface area (Å²) >= 11 is 6.27. The Morgan fingerprint density at radius 1 is 0.762 bits per heavy atom. The Kier molecular flexibility index (Phi) is 6.50. The molecule has 0 aliphatic heterocycles. The topological polar surface area (TPSA) is 3.24 Å². The van der Waals surface area contributed by atoms with Gasteiger partial charge in [0.05, 0.1) is 0 Å². The van der Waals surface area contributed by atoms with Crippen LogP contribution in [0.2, 0.25) is 36.3 Å². The third kappa shape index (κ3) is 4.83. The maximum atomic E-state index is 6.27. The van der Waals surface area contributed by atoms with Gasteiger partial charge in [-0.25, -0.2) is 0 Å². The molecule has 0 atom stereocenters. The van der Waals surface area contributed by atoms with E-state index in [0.717, 1.165) is 12.4 Å². The summed E-state index contributed by atoms with van der Waals surface area (Å²) < 4.78 is 2.97. The quantitative estimate of drug-likeness (QED) is 0.401. The zero-order valence-corrected chi connectivity index (χ0v) is 19.5. The first-order valence-corrected chi connectivity index (χ1v) is 14.7. The largest absolute Gasteiger partial charge is 0.344 e. The van der Waals surface area contributed by atoms with Crippen molar-refractivity contribution in [2.24, 2.45) is 5.41 Å². The van der Waals surface area contributed by atoms with Crippen molar-refractivity contribution < 1.29 is 0 Å². The number of rotatable bonds is 5. The highest BCUT2D eigenvalue weighted by molar-refractivity contribution is 6.93. The Balaban J connectivity index is 6.11. The van der Waals surface area contributed by atoms with Gasteiger partial charge < -0.3 is 4.23 Å². The van der Waals surface area contributed by atoms with E-state index in [9.17, 15) is 0 Å². The van der Waals surface area contributed by atoms with Gasteiger partial charge in [0.1, 0.15) is 16.5 Å². The van der Waals surface area contributed by atoms with Crippen molar-refractivity contribution in [3.63, 3.8) is 0 Å². The van der Waals surface area contributed by atoms with Crippen LogP contribution in [0, 0.1) is 5.41 Å². The summed E-state index contributed by atoms with van der Waals surface area (Å²) in [5.41, 5.74) is 0.173. The molecule has 0 amide bonds. The monoisotopic (exact) mass is 349 g/mol. The Labute approximate surface area is 142 Å². The average molecular weight is 350 g/mol. The molecule has 1 nitrogen and oxygen atoms in total. The Morgan fingerprint density at radius 3 is 1.29 bits per heavy atom. The normalized spacial score (nSPS) is 15.7. The lowest BCUT2D eigenvalue weighted by atomic mass is 9.97. The predicted molar refractivity (Wildman–Crippen MR) is 106 cm³/mol. The van der Waals surface area contributed by atoms with Crippen LogP contribution in [-0.2, 0) is 0 Å². The van der Waals surface area contributed by atoms with Gasteiger partial charge in [0.25, 0.3) is 0 Å². The van der Waals surface area contributed by atoms with E-state index < -0.39 is 16.5 Å². The first kappa shape index (κ1) is 21.7. The zero-order valence-electron chi connectivity index (χ0n) is 16.7. The van der Waals surface area contributed by atoms with Crippen molar-refractivity contribution in [2.45, 2.75) is 91.7 Å². The molecule has 0 saturated carbocycles. The summed E-state index contributed by atoms with van der Waals surface area (Å²) in [5, 5.41) is 0.682. The molecule has 0 bridgehead atoms. The number of halogens is 1. The summed E-state index contributed by atoms with van der Waals surface area (Å²) in [7, 11) is -3.14. The Bertz CT molecular complexity index is 331. The van der Waals surface area contributed by atoms with Crippen LogP contribution >= 0.6 is 11.6 Å². The van der Waals surface area contributed by atoms with Crippen molar-refractivity contribution in [1.82, 2.24) is 4.23 Å². The van der Waals surface area contributed by atoms with Crippen LogP contribution in [0.5, 0.6) is 0 Å². The molecule has 0 aromatic heterocycles. The fourth-order valence-corrected chi connectivity index (χ4v) is 16.5. The number of hydrogen-bond donors (Lipinski definition) is 0. The molecule has 128 valence electrons. The van der Waals surface area contributed by atoms with Gasteiger partial charge in [-0.2, -0.15) is 0 Å². The molecular formula is C17H40ClNSi2. The van der Waals surface area contributed by atoms with Gasteiger partial charge in [-0.05, 0) is 22.0 Å². The van der Waals surface area contributed by atoms with Crippen LogP contribution in [0.1, 0.15) is 55.4 Å². The molecule has 0 aromatic carbocycles. The smallest absolute Gasteiger partial charge is 0.129 e. The van der Waals surface area contributed by atoms with Crippen LogP contribution in [0.4, 0.5) is 0 Å². The lowest BCUT2D eigenvalue weighted by Gasteiger charge is -2.61. The Morgan fingerprint density at radius 2 is 1.10 bits per heavy atom. The molecule has 0 spiro atoms. The molecule has 0 N–H and O–H groups in total. The van der Waals surface area contributed by atoms with Crippen LogP contribution in [0.25, 0.3) is 0 Å². The van der Waals surface area contributed by atoms with E-state index in [1.54, 1.807) is 0 Å². The third-order valence-electron chi connectivity index (χ3n) is 5.22. The van der Waals surface area contributed by atoms with Gasteiger partial charge in [-0.1, -0.05) is 81.6 Å². The van der Waals surface area contributed by atoms with E-state index in [4.69, 9.17) is 11.6 Å². The van der Waals surface area contributed by atoms with E-state index >= 15 is 0 Å². The second kappa shape index (κ2) is 6.29. The summed E-state index contributed by atoms with van der Waals surface area (Å²) in [4.78, 5) is 0. The molecule has 0 saturated heterocycles. The molecule has 0 aliphatic rings. The minimum atomic E-state index is -1.71. The molecule has 21 heavy (non-hydrogen) atoms. The molecular weight excluding hydrogens is 310 g/mol. The number of alkyl halides is 1. The number of hydrogen-bond acceptors (Lipinski definition) is 1. The standard InChI is InChI=1S/C17H40ClNSi2/c1-15(2,3)21(12,16(4,5)6)19(20(9,10)11)14-17(7,8)13-18/h13-14H2,1-12H3. The van der Waals surface area contributed by atoms with E-state index in [1.165, 1.54) is 0 Å². The van der Waals surface area contributed by atoms with Gasteiger partial charge in [0.15, 0.2) is 0 Å². The molecule has 0 aliphatic carbocycles. The van der Waals surface area contributed by atoms with Crippen LogP contribution in [-0.4, -0.2) is 33.1 Å². The van der Waals surface area contributed by atoms with E-state index in [-0.39, 0.29) is 5.41 Å². The lowest BCUT2D eigenvalue weighted by Crippen LogP contribution is -2.71. The van der Waals surface area contributed by atoms with Gasteiger partial charge in [0, 0.05) is 5.88 Å². The van der Waals surface area contributed by atoms with Crippen LogP contribution in [0.3, 0.4) is 0 Å². The predicted octanol–water partition coefficient (Wildman–Crippen LogP) is 6.56. The maximum absolute atomic E-state index is 6.27. The molecule has 0 unspecified atom stereocenters. The average Bonchev–Trinajstić information content (AvgIpc) is 2.20. The molecule has 0 radical (unpaired) electrons.